The number of hydrogen-bond acceptors (Lipinski definition) is 24. The van der Waals surface area contributed by atoms with E-state index >= 15 is 0 Å². The Kier molecular flexibility index (Phi) is 15.0. The van der Waals surface area contributed by atoms with Crippen molar-refractivity contribution in [3.8, 4) is 11.1 Å². The summed E-state index contributed by atoms with van der Waals surface area (Å²) in [5.41, 5.74) is 17.9. The van der Waals surface area contributed by atoms with E-state index in [1.165, 1.54) is 48.5 Å². The van der Waals surface area contributed by atoms with Crippen molar-refractivity contribution in [2.24, 2.45) is 40.9 Å². The largest absolute Gasteiger partial charge is 0.396 e. The van der Waals surface area contributed by atoms with Crippen LogP contribution in [0.15, 0.2) is 192 Å². The molecule has 80 heavy (non-hydrogen) atoms. The number of hydrogen-bond donors (Lipinski definition) is 10. The van der Waals surface area contributed by atoms with Crippen LogP contribution in [-0.4, -0.2) is 77.8 Å². The van der Waals surface area contributed by atoms with Gasteiger partial charge < -0.3 is 22.9 Å². The molecule has 0 amide bonds. The van der Waals surface area contributed by atoms with Crippen LogP contribution < -0.4 is 22.9 Å². The van der Waals surface area contributed by atoms with Crippen LogP contribution in [0.4, 0.5) is 68.2 Å². The van der Waals surface area contributed by atoms with Gasteiger partial charge in [0, 0.05) is 21.9 Å². The van der Waals surface area contributed by atoms with Crippen molar-refractivity contribution >= 4 is 151 Å². The molecule has 0 unspecified atom stereocenters. The third-order valence-corrected chi connectivity index (χ3v) is 16.6. The molecule has 0 saturated carbocycles. The van der Waals surface area contributed by atoms with Crippen molar-refractivity contribution < 1.29 is 77.8 Å². The monoisotopic (exact) mass is 1210 g/mol. The Balaban J connectivity index is 1.15. The quantitative estimate of drug-likeness (QED) is 0.0260. The van der Waals surface area contributed by atoms with Crippen molar-refractivity contribution in [1.29, 1.82) is 0 Å². The molecule has 0 aliphatic rings. The van der Waals surface area contributed by atoms with E-state index in [-0.39, 0.29) is 32.9 Å². The van der Waals surface area contributed by atoms with Crippen LogP contribution in [-0.2, 0) is 60.7 Å². The lowest BCUT2D eigenvalue weighted by Crippen LogP contribution is -2.05. The van der Waals surface area contributed by atoms with Crippen LogP contribution in [0.5, 0.6) is 0 Å². The van der Waals surface area contributed by atoms with Gasteiger partial charge in [-0.2, -0.15) is 60.7 Å². The van der Waals surface area contributed by atoms with E-state index in [0.717, 1.165) is 48.5 Å². The van der Waals surface area contributed by atoms with Crippen LogP contribution >= 0.6 is 0 Å². The zero-order valence-corrected chi connectivity index (χ0v) is 44.4. The highest BCUT2D eigenvalue weighted by Crippen LogP contribution is 2.46. The molecule has 14 N–H and O–H groups in total. The van der Waals surface area contributed by atoms with Crippen molar-refractivity contribution in [1.82, 2.24) is 0 Å². The van der Waals surface area contributed by atoms with Crippen molar-refractivity contribution in [3.63, 3.8) is 0 Å². The van der Waals surface area contributed by atoms with Gasteiger partial charge >= 0.3 is 0 Å². The lowest BCUT2D eigenvalue weighted by atomic mass is 10.0. The predicted octanol–water partition coefficient (Wildman–Crippen LogP) is 9.13. The second-order valence-corrected chi connectivity index (χ2v) is 24.9. The zero-order chi connectivity index (χ0) is 58.7. The van der Waals surface area contributed by atoms with Crippen molar-refractivity contribution in [2.75, 3.05) is 22.9 Å². The molecule has 8 aromatic carbocycles. The highest BCUT2D eigenvalue weighted by molar-refractivity contribution is 7.87. The third kappa shape index (κ3) is 12.1. The van der Waals surface area contributed by atoms with E-state index in [4.69, 9.17) is 22.9 Å². The van der Waals surface area contributed by atoms with Gasteiger partial charge in [0.15, 0.2) is 0 Å². The molecule has 0 atom stereocenters. The molecule has 0 heterocycles. The summed E-state index contributed by atoms with van der Waals surface area (Å²) in [5, 5.41) is 32.6. The van der Waals surface area contributed by atoms with Gasteiger partial charge in [-0.05, 0) is 83.6 Å². The highest BCUT2D eigenvalue weighted by atomic mass is 32.2. The summed E-state index contributed by atoms with van der Waals surface area (Å²) in [5.74, 6) is 0. The maximum Gasteiger partial charge on any atom is 0.296 e. The van der Waals surface area contributed by atoms with Crippen LogP contribution in [0.25, 0.3) is 32.7 Å². The number of nitrogens with two attached hydrogens (primary N) is 4. The standard InChI is InChI=1S/C44H34N12O18S6/c45-39-33(19-37(79(69,70)71)41(47)43(39)55-51-31-5-1-3-21-15-25(75(57,58)59)9-13-27(21)31)53-49-23-7-11-29(35(17-23)77(63,64)65)30-12-8-24(18-36(30)78(66,67)68)50-54-34-20-38(80(72,73)74)42(48)44(40(34)46)56-52-32-6-2-4-22-16-26(76(60,61)62)10-14-28(22)32/h1-20H,45-48H2,(H,57,58,59)(H,60,61,62)(H,63,64,65)(H,66,67,68)(H,69,70,71)(H,72,73,74). The highest BCUT2D eigenvalue weighted by Gasteiger charge is 2.27. The molecular formula is C44H34N12O18S6. The minimum absolute atomic E-state index is 0.0535. The molecule has 36 heteroatoms. The summed E-state index contributed by atoms with van der Waals surface area (Å²) < 4.78 is 208. The number of fused-ring (bicyclic) bond motifs is 2. The van der Waals surface area contributed by atoms with E-state index < -0.39 is 158 Å². The summed E-state index contributed by atoms with van der Waals surface area (Å²) in [6.45, 7) is 0. The van der Waals surface area contributed by atoms with Crippen LogP contribution in [0.2, 0.25) is 0 Å². The summed E-state index contributed by atoms with van der Waals surface area (Å²) >= 11 is 0. The SMILES string of the molecule is Nc1c(N=Nc2ccc(-c3ccc(N=Nc4cc(S(=O)(=O)O)c(N)c(N=Nc5cccc6cc(S(=O)(=O)O)ccc56)c4N)cc3S(=O)(=O)O)c(S(=O)(=O)O)c2)cc(S(=O)(=O)O)c(N)c1N=Nc1cccc2cc(S(=O)(=O)O)ccc12. The second kappa shape index (κ2) is 20.9. The van der Waals surface area contributed by atoms with Gasteiger partial charge in [-0.1, -0.05) is 48.5 Å². The minimum atomic E-state index is -5.37. The number of rotatable bonds is 15. The van der Waals surface area contributed by atoms with Gasteiger partial charge in [0.2, 0.25) is 0 Å². The molecule has 414 valence electrons. The molecule has 0 aromatic heterocycles. The van der Waals surface area contributed by atoms with Gasteiger partial charge in [-0.3, -0.25) is 27.3 Å². The normalized spacial score (nSPS) is 13.2. The van der Waals surface area contributed by atoms with E-state index in [9.17, 15) is 77.8 Å². The Morgan fingerprint density at radius 2 is 0.637 bits per heavy atom. The summed E-state index contributed by atoms with van der Waals surface area (Å²) in [7, 11) is -30.3. The average molecular weight is 1210 g/mol. The fourth-order valence-electron chi connectivity index (χ4n) is 7.57. The van der Waals surface area contributed by atoms with E-state index in [2.05, 4.69) is 40.9 Å². The van der Waals surface area contributed by atoms with Crippen molar-refractivity contribution in [2.45, 2.75) is 29.4 Å². The van der Waals surface area contributed by atoms with Crippen molar-refractivity contribution in [3.05, 3.63) is 121 Å². The van der Waals surface area contributed by atoms with Crippen LogP contribution in [0, 0.1) is 0 Å². The minimum Gasteiger partial charge on any atom is -0.396 e. The van der Waals surface area contributed by atoms with Crippen LogP contribution in [0.3, 0.4) is 0 Å². The Morgan fingerprint density at radius 3 is 0.963 bits per heavy atom. The maximum atomic E-state index is 12.9. The first-order valence-electron chi connectivity index (χ1n) is 21.4. The second-order valence-electron chi connectivity index (χ2n) is 16.5. The topological polar surface area (TPSA) is 529 Å². The third-order valence-electron chi connectivity index (χ3n) is 11.3. The summed E-state index contributed by atoms with van der Waals surface area (Å²) in [4.78, 5) is -4.95. The first-order chi connectivity index (χ1) is 37.1. The zero-order valence-electron chi connectivity index (χ0n) is 39.5. The maximum absolute atomic E-state index is 12.9. The lowest BCUT2D eigenvalue weighted by Gasteiger charge is -2.13. The van der Waals surface area contributed by atoms with Gasteiger partial charge in [0.25, 0.3) is 60.7 Å². The number of benzene rings is 8. The first kappa shape index (κ1) is 57.5. The molecule has 0 fully saturated rings. The number of nitrogens with zero attached hydrogens (tertiary/aromatic N) is 8. The molecule has 0 bridgehead atoms. The van der Waals surface area contributed by atoms with Crippen LogP contribution in [0.1, 0.15) is 0 Å². The Hall–Kier alpha value is -8.66. The number of nitrogen functional groups attached to an aromatic ring is 4. The fraction of sp³-hybridized carbons (Fsp3) is 0. The van der Waals surface area contributed by atoms with Gasteiger partial charge in [0.1, 0.15) is 42.3 Å². The Morgan fingerprint density at radius 1 is 0.300 bits per heavy atom. The van der Waals surface area contributed by atoms with E-state index in [0.29, 0.717) is 24.3 Å². The molecule has 0 aliphatic heterocycles. The first-order valence-corrected chi connectivity index (χ1v) is 30.0. The Labute approximate surface area is 451 Å². The number of anilines is 4. The molecule has 8 rings (SSSR count). The lowest BCUT2D eigenvalue weighted by molar-refractivity contribution is 0.480. The summed E-state index contributed by atoms with van der Waals surface area (Å²) in [6.07, 6.45) is 0. The predicted molar refractivity (Wildman–Crippen MR) is 286 cm³/mol. The van der Waals surface area contributed by atoms with Gasteiger partial charge in [-0.15, -0.1) is 30.7 Å². The molecule has 0 spiro atoms. The van der Waals surface area contributed by atoms with E-state index in [1.807, 2.05) is 0 Å². The Bertz CT molecular complexity index is 4530. The summed E-state index contributed by atoms with van der Waals surface area (Å²) in [6, 6.07) is 22.3. The molecular weight excluding hydrogens is 1180 g/mol. The molecule has 0 aliphatic carbocycles. The molecule has 8 aromatic rings. The molecule has 0 radical (unpaired) electrons. The molecule has 0 saturated heterocycles. The van der Waals surface area contributed by atoms with Gasteiger partial charge in [-0.25, -0.2) is 0 Å². The fourth-order valence-corrected chi connectivity index (χ4v) is 11.3. The molecule has 30 nitrogen and oxygen atoms in total. The number of azo groups is 4. The van der Waals surface area contributed by atoms with Gasteiger partial charge in [0.05, 0.1) is 55.3 Å². The van der Waals surface area contributed by atoms with E-state index in [1.54, 1.807) is 0 Å². The average Bonchev–Trinajstić information content (AvgIpc) is 3.41. The smallest absolute Gasteiger partial charge is 0.296 e.